The number of aromatic amines is 1. The number of barbiturate groups is 1. The maximum Gasteiger partial charge on any atom is 0.328 e. The van der Waals surface area contributed by atoms with E-state index in [1.165, 1.54) is 18.3 Å². The molecule has 6 rings (SSSR count). The smallest absolute Gasteiger partial charge is 0.328 e. The first kappa shape index (κ1) is 23.3. The number of rotatable bonds is 5. The number of carbonyl (C=O) groups is 3. The third-order valence-electron chi connectivity index (χ3n) is 6.72. The lowest BCUT2D eigenvalue weighted by Crippen LogP contribution is -2.71. The van der Waals surface area contributed by atoms with E-state index < -0.39 is 23.4 Å². The molecule has 4 aromatic rings. The fourth-order valence-electron chi connectivity index (χ4n) is 4.84. The van der Waals surface area contributed by atoms with Crippen molar-refractivity contribution in [3.8, 4) is 34.1 Å². The standard InChI is InChI=1S/C27H21FN6O4/c28-18-6-2-16(3-7-18)21-14-22(33-32-21)17-4-9-20(10-5-17)38-23-11-8-19(15-29-23)34-13-1-12-27(34)24(35)30-26(37)31-25(27)36/h2-11,14-15H,1,12-13H2,(H,32,33)(H2,30,31,35,36,37). The highest BCUT2D eigenvalue weighted by atomic mass is 19.1. The molecule has 2 fully saturated rings. The molecule has 0 atom stereocenters. The molecule has 2 aliphatic rings. The second-order valence-electron chi connectivity index (χ2n) is 9.01. The van der Waals surface area contributed by atoms with Crippen LogP contribution in [0.3, 0.4) is 0 Å². The summed E-state index contributed by atoms with van der Waals surface area (Å²) in [6.45, 7) is 0.467. The molecule has 0 radical (unpaired) electrons. The Bertz CT molecular complexity index is 1510. The van der Waals surface area contributed by atoms with Crippen molar-refractivity contribution in [2.24, 2.45) is 0 Å². The Morgan fingerprint density at radius 3 is 2.29 bits per heavy atom. The van der Waals surface area contributed by atoms with Crippen LogP contribution in [0.2, 0.25) is 0 Å². The molecule has 4 heterocycles. The van der Waals surface area contributed by atoms with Crippen molar-refractivity contribution in [1.82, 2.24) is 25.8 Å². The van der Waals surface area contributed by atoms with Crippen molar-refractivity contribution in [3.05, 3.63) is 78.7 Å². The number of imide groups is 2. The number of anilines is 1. The lowest BCUT2D eigenvalue weighted by atomic mass is 9.92. The van der Waals surface area contributed by atoms with E-state index in [1.807, 2.05) is 18.2 Å². The van der Waals surface area contributed by atoms with Crippen LogP contribution >= 0.6 is 0 Å². The monoisotopic (exact) mass is 512 g/mol. The zero-order valence-electron chi connectivity index (χ0n) is 19.9. The summed E-state index contributed by atoms with van der Waals surface area (Å²) in [7, 11) is 0. The first-order chi connectivity index (χ1) is 18.4. The lowest BCUT2D eigenvalue weighted by Gasteiger charge is -2.38. The molecular formula is C27H21FN6O4. The first-order valence-electron chi connectivity index (χ1n) is 11.9. The number of carbonyl (C=O) groups excluding carboxylic acids is 3. The average molecular weight is 513 g/mol. The fourth-order valence-corrected chi connectivity index (χ4v) is 4.84. The molecule has 10 nitrogen and oxygen atoms in total. The lowest BCUT2D eigenvalue weighted by molar-refractivity contribution is -0.137. The molecule has 2 aromatic carbocycles. The number of urea groups is 1. The molecule has 3 N–H and O–H groups in total. The van der Waals surface area contributed by atoms with Gasteiger partial charge in [0.2, 0.25) is 5.88 Å². The molecule has 2 aromatic heterocycles. The summed E-state index contributed by atoms with van der Waals surface area (Å²) in [5.74, 6) is -0.666. The van der Waals surface area contributed by atoms with Gasteiger partial charge in [-0.1, -0.05) is 0 Å². The minimum Gasteiger partial charge on any atom is -0.439 e. The summed E-state index contributed by atoms with van der Waals surface area (Å²) in [5.41, 5.74) is 2.30. The van der Waals surface area contributed by atoms with Gasteiger partial charge in [-0.05, 0) is 79.1 Å². The zero-order valence-corrected chi connectivity index (χ0v) is 19.9. The maximum atomic E-state index is 13.2. The van der Waals surface area contributed by atoms with E-state index in [0.29, 0.717) is 42.4 Å². The average Bonchev–Trinajstić information content (AvgIpc) is 3.58. The van der Waals surface area contributed by atoms with Gasteiger partial charge in [0.05, 0.1) is 23.3 Å². The van der Waals surface area contributed by atoms with Gasteiger partial charge in [0.1, 0.15) is 11.6 Å². The Hall–Kier alpha value is -5.06. The van der Waals surface area contributed by atoms with E-state index in [2.05, 4.69) is 25.8 Å². The summed E-state index contributed by atoms with van der Waals surface area (Å²) in [6.07, 6.45) is 2.45. The van der Waals surface area contributed by atoms with Crippen molar-refractivity contribution in [2.45, 2.75) is 18.4 Å². The predicted octanol–water partition coefficient (Wildman–Crippen LogP) is 3.78. The molecule has 0 aliphatic carbocycles. The highest BCUT2D eigenvalue weighted by Gasteiger charge is 2.57. The van der Waals surface area contributed by atoms with Crippen LogP contribution < -0.4 is 20.3 Å². The molecule has 11 heteroatoms. The molecule has 38 heavy (non-hydrogen) atoms. The Balaban J connectivity index is 1.15. The minimum absolute atomic E-state index is 0.296. The van der Waals surface area contributed by atoms with Crippen molar-refractivity contribution in [1.29, 1.82) is 0 Å². The van der Waals surface area contributed by atoms with Crippen LogP contribution in [-0.4, -0.2) is 45.1 Å². The van der Waals surface area contributed by atoms with Gasteiger partial charge in [0, 0.05) is 18.2 Å². The second-order valence-corrected chi connectivity index (χ2v) is 9.01. The summed E-state index contributed by atoms with van der Waals surface area (Å²) in [4.78, 5) is 42.8. The van der Waals surface area contributed by atoms with Crippen molar-refractivity contribution < 1.29 is 23.5 Å². The number of nitrogens with zero attached hydrogens (tertiary/aromatic N) is 3. The van der Waals surface area contributed by atoms with Crippen LogP contribution in [0.1, 0.15) is 12.8 Å². The van der Waals surface area contributed by atoms with E-state index in [4.69, 9.17) is 4.74 Å². The highest BCUT2D eigenvalue weighted by Crippen LogP contribution is 2.36. The molecular weight excluding hydrogens is 491 g/mol. The largest absolute Gasteiger partial charge is 0.439 e. The number of aromatic nitrogens is 3. The molecule has 4 amide bonds. The topological polar surface area (TPSA) is 129 Å². The van der Waals surface area contributed by atoms with Crippen LogP contribution in [0.25, 0.3) is 22.5 Å². The molecule has 2 aliphatic heterocycles. The highest BCUT2D eigenvalue weighted by molar-refractivity contribution is 6.24. The van der Waals surface area contributed by atoms with Gasteiger partial charge >= 0.3 is 6.03 Å². The Labute approximate surface area is 215 Å². The predicted molar refractivity (Wildman–Crippen MR) is 135 cm³/mol. The molecule has 2 saturated heterocycles. The number of hydrogen-bond acceptors (Lipinski definition) is 7. The van der Waals surface area contributed by atoms with Gasteiger partial charge in [0.15, 0.2) is 5.54 Å². The van der Waals surface area contributed by atoms with E-state index in [1.54, 1.807) is 41.3 Å². The van der Waals surface area contributed by atoms with E-state index in [-0.39, 0.29) is 5.82 Å². The van der Waals surface area contributed by atoms with Crippen LogP contribution in [-0.2, 0) is 9.59 Å². The van der Waals surface area contributed by atoms with Crippen LogP contribution in [0.5, 0.6) is 11.6 Å². The van der Waals surface area contributed by atoms with Crippen molar-refractivity contribution in [3.63, 3.8) is 0 Å². The first-order valence-corrected chi connectivity index (χ1v) is 11.9. The Morgan fingerprint density at radius 1 is 0.895 bits per heavy atom. The molecule has 0 saturated carbocycles. The summed E-state index contributed by atoms with van der Waals surface area (Å²) < 4.78 is 19.1. The third kappa shape index (κ3) is 4.03. The number of pyridine rings is 1. The van der Waals surface area contributed by atoms with Crippen LogP contribution in [0, 0.1) is 5.82 Å². The number of nitrogens with one attached hydrogen (secondary N) is 3. The zero-order chi connectivity index (χ0) is 26.3. The van der Waals surface area contributed by atoms with E-state index in [9.17, 15) is 18.8 Å². The number of H-pyrrole nitrogens is 1. The number of halogens is 1. The normalized spacial score (nSPS) is 16.4. The fraction of sp³-hybridized carbons (Fsp3) is 0.148. The van der Waals surface area contributed by atoms with Gasteiger partial charge in [-0.3, -0.25) is 25.3 Å². The Kier molecular flexibility index (Phi) is 5.60. The van der Waals surface area contributed by atoms with Gasteiger partial charge < -0.3 is 9.64 Å². The summed E-state index contributed by atoms with van der Waals surface area (Å²) in [6, 6.07) is 17.9. The van der Waals surface area contributed by atoms with Crippen LogP contribution in [0.4, 0.5) is 14.9 Å². The Morgan fingerprint density at radius 2 is 1.61 bits per heavy atom. The maximum absolute atomic E-state index is 13.2. The van der Waals surface area contributed by atoms with Gasteiger partial charge in [-0.2, -0.15) is 5.10 Å². The number of hydrogen-bond donors (Lipinski definition) is 3. The van der Waals surface area contributed by atoms with Crippen molar-refractivity contribution in [2.75, 3.05) is 11.4 Å². The second kappa shape index (κ2) is 9.11. The number of benzene rings is 2. The molecule has 1 spiro atoms. The van der Waals surface area contributed by atoms with Crippen molar-refractivity contribution >= 4 is 23.5 Å². The molecule has 0 unspecified atom stereocenters. The van der Waals surface area contributed by atoms with Crippen LogP contribution in [0.15, 0.2) is 72.9 Å². The van der Waals surface area contributed by atoms with E-state index >= 15 is 0 Å². The number of ether oxygens (including phenoxy) is 1. The summed E-state index contributed by atoms with van der Waals surface area (Å²) in [5, 5.41) is 11.7. The molecule has 0 bridgehead atoms. The SMILES string of the molecule is O=C1NC(=O)C2(CCCN2c2ccc(Oc3ccc(-c4cc(-c5ccc(F)cc5)n[nH]4)cc3)nc2)C(=O)N1. The van der Waals surface area contributed by atoms with E-state index in [0.717, 1.165) is 16.8 Å². The van der Waals surface area contributed by atoms with Gasteiger partial charge in [0.25, 0.3) is 11.8 Å². The quantitative estimate of drug-likeness (QED) is 0.347. The third-order valence-corrected chi connectivity index (χ3v) is 6.72. The summed E-state index contributed by atoms with van der Waals surface area (Å²) >= 11 is 0. The van der Waals surface area contributed by atoms with Gasteiger partial charge in [-0.25, -0.2) is 14.2 Å². The molecule has 190 valence electrons. The minimum atomic E-state index is -1.48. The van der Waals surface area contributed by atoms with Gasteiger partial charge in [-0.15, -0.1) is 0 Å². The number of amides is 4.